The first-order valence-electron chi connectivity index (χ1n) is 5.75. The molecule has 0 aliphatic heterocycles. The molecule has 0 aromatic heterocycles. The van der Waals surface area contributed by atoms with Crippen LogP contribution in [-0.4, -0.2) is 4.99 Å². The minimum Gasteiger partial charge on any atom is -0.372 e. The molecule has 0 radical (unpaired) electrons. The van der Waals surface area contributed by atoms with Crippen LogP contribution in [0.5, 0.6) is 0 Å². The molecule has 0 aliphatic rings. The highest BCUT2D eigenvalue weighted by atomic mass is 32.1. The number of hydrogen-bond acceptors (Lipinski definition) is 1. The SMILES string of the molecule is Cc1ccccc1CNC(=S)c1ccc(F)cc1. The fourth-order valence-electron chi connectivity index (χ4n) is 1.69. The predicted octanol–water partition coefficient (Wildman–Crippen LogP) is 3.60. The number of aryl methyl sites for hydroxylation is 1. The number of nitrogens with one attached hydrogen (secondary N) is 1. The summed E-state index contributed by atoms with van der Waals surface area (Å²) in [5, 5.41) is 3.18. The van der Waals surface area contributed by atoms with E-state index in [1.165, 1.54) is 23.3 Å². The van der Waals surface area contributed by atoms with E-state index in [-0.39, 0.29) is 5.82 Å². The van der Waals surface area contributed by atoms with Gasteiger partial charge in [-0.05, 0) is 42.3 Å². The van der Waals surface area contributed by atoms with Crippen molar-refractivity contribution in [3.63, 3.8) is 0 Å². The van der Waals surface area contributed by atoms with Gasteiger partial charge in [0.05, 0.1) is 0 Å². The molecule has 0 saturated heterocycles. The lowest BCUT2D eigenvalue weighted by molar-refractivity contribution is 0.627. The second-order valence-corrected chi connectivity index (χ2v) is 4.52. The maximum atomic E-state index is 12.8. The third kappa shape index (κ3) is 3.14. The Morgan fingerprint density at radius 2 is 1.78 bits per heavy atom. The summed E-state index contributed by atoms with van der Waals surface area (Å²) in [7, 11) is 0. The minimum absolute atomic E-state index is 0.250. The fraction of sp³-hybridized carbons (Fsp3) is 0.133. The first-order chi connectivity index (χ1) is 8.66. The van der Waals surface area contributed by atoms with Crippen LogP contribution in [0.4, 0.5) is 4.39 Å². The summed E-state index contributed by atoms with van der Waals surface area (Å²) in [6.45, 7) is 2.75. The first kappa shape index (κ1) is 12.7. The van der Waals surface area contributed by atoms with Crippen LogP contribution in [0, 0.1) is 12.7 Å². The Morgan fingerprint density at radius 1 is 1.11 bits per heavy atom. The molecule has 0 aliphatic carbocycles. The van der Waals surface area contributed by atoms with Crippen LogP contribution in [-0.2, 0) is 6.54 Å². The molecule has 18 heavy (non-hydrogen) atoms. The van der Waals surface area contributed by atoms with Crippen LogP contribution >= 0.6 is 12.2 Å². The van der Waals surface area contributed by atoms with Gasteiger partial charge in [0.1, 0.15) is 10.8 Å². The van der Waals surface area contributed by atoms with Crippen LogP contribution in [0.1, 0.15) is 16.7 Å². The van der Waals surface area contributed by atoms with Gasteiger partial charge in [-0.15, -0.1) is 0 Å². The zero-order valence-corrected chi connectivity index (χ0v) is 10.9. The summed E-state index contributed by atoms with van der Waals surface area (Å²) >= 11 is 5.27. The molecule has 2 rings (SSSR count). The lowest BCUT2D eigenvalue weighted by Gasteiger charge is -2.10. The maximum Gasteiger partial charge on any atom is 0.123 e. The predicted molar refractivity (Wildman–Crippen MR) is 76.1 cm³/mol. The van der Waals surface area contributed by atoms with Gasteiger partial charge in [-0.3, -0.25) is 0 Å². The van der Waals surface area contributed by atoms with Gasteiger partial charge in [0, 0.05) is 12.1 Å². The van der Waals surface area contributed by atoms with Gasteiger partial charge >= 0.3 is 0 Å². The number of halogens is 1. The minimum atomic E-state index is -0.250. The highest BCUT2D eigenvalue weighted by Crippen LogP contribution is 2.08. The number of thiocarbonyl (C=S) groups is 1. The molecule has 0 heterocycles. The topological polar surface area (TPSA) is 12.0 Å². The van der Waals surface area contributed by atoms with Crippen molar-refractivity contribution in [1.82, 2.24) is 5.32 Å². The van der Waals surface area contributed by atoms with E-state index in [9.17, 15) is 4.39 Å². The number of rotatable bonds is 3. The molecule has 1 nitrogen and oxygen atoms in total. The molecule has 2 aromatic carbocycles. The average molecular weight is 259 g/mol. The van der Waals surface area contributed by atoms with E-state index in [0.717, 1.165) is 5.56 Å². The smallest absolute Gasteiger partial charge is 0.123 e. The summed E-state index contributed by atoms with van der Waals surface area (Å²) in [5.74, 6) is -0.250. The maximum absolute atomic E-state index is 12.8. The molecular weight excluding hydrogens is 245 g/mol. The van der Waals surface area contributed by atoms with Crippen molar-refractivity contribution in [2.24, 2.45) is 0 Å². The van der Waals surface area contributed by atoms with Crippen molar-refractivity contribution in [2.75, 3.05) is 0 Å². The van der Waals surface area contributed by atoms with E-state index in [0.29, 0.717) is 11.5 Å². The van der Waals surface area contributed by atoms with Crippen LogP contribution in [0.3, 0.4) is 0 Å². The molecule has 0 bridgehead atoms. The monoisotopic (exact) mass is 259 g/mol. The number of hydrogen-bond donors (Lipinski definition) is 1. The van der Waals surface area contributed by atoms with Crippen LogP contribution in [0.15, 0.2) is 48.5 Å². The standard InChI is InChI=1S/C15H14FNS/c1-11-4-2-3-5-13(11)10-17-15(18)12-6-8-14(16)9-7-12/h2-9H,10H2,1H3,(H,17,18). The number of benzene rings is 2. The van der Waals surface area contributed by atoms with E-state index in [4.69, 9.17) is 12.2 Å². The lowest BCUT2D eigenvalue weighted by atomic mass is 10.1. The summed E-state index contributed by atoms with van der Waals surface area (Å²) < 4.78 is 12.8. The molecule has 3 heteroatoms. The van der Waals surface area contributed by atoms with E-state index in [2.05, 4.69) is 24.4 Å². The quantitative estimate of drug-likeness (QED) is 0.845. The van der Waals surface area contributed by atoms with Gasteiger partial charge in [0.2, 0.25) is 0 Å². The molecule has 92 valence electrons. The second-order valence-electron chi connectivity index (χ2n) is 4.12. The van der Waals surface area contributed by atoms with E-state index in [1.807, 2.05) is 12.1 Å². The van der Waals surface area contributed by atoms with E-state index >= 15 is 0 Å². The Morgan fingerprint density at radius 3 is 2.44 bits per heavy atom. The van der Waals surface area contributed by atoms with Gasteiger partial charge in [0.15, 0.2) is 0 Å². The van der Waals surface area contributed by atoms with Gasteiger partial charge < -0.3 is 5.32 Å². The molecule has 0 saturated carbocycles. The van der Waals surface area contributed by atoms with Gasteiger partial charge in [-0.1, -0.05) is 36.5 Å². The molecule has 2 aromatic rings. The molecular formula is C15H14FNS. The Labute approximate surface area is 112 Å². The van der Waals surface area contributed by atoms with Crippen LogP contribution in [0.2, 0.25) is 0 Å². The van der Waals surface area contributed by atoms with Gasteiger partial charge in [0.25, 0.3) is 0 Å². The summed E-state index contributed by atoms with van der Waals surface area (Å²) in [4.78, 5) is 0.637. The van der Waals surface area contributed by atoms with Gasteiger partial charge in [-0.25, -0.2) is 4.39 Å². The molecule has 0 unspecified atom stereocenters. The Hall–Kier alpha value is -1.74. The van der Waals surface area contributed by atoms with Crippen molar-refractivity contribution in [3.8, 4) is 0 Å². The first-order valence-corrected chi connectivity index (χ1v) is 6.16. The summed E-state index contributed by atoms with van der Waals surface area (Å²) in [5.41, 5.74) is 3.27. The highest BCUT2D eigenvalue weighted by molar-refractivity contribution is 7.80. The molecule has 0 atom stereocenters. The third-order valence-electron chi connectivity index (χ3n) is 2.81. The zero-order chi connectivity index (χ0) is 13.0. The van der Waals surface area contributed by atoms with Crippen LogP contribution in [0.25, 0.3) is 0 Å². The van der Waals surface area contributed by atoms with Crippen LogP contribution < -0.4 is 5.32 Å². The Kier molecular flexibility index (Phi) is 4.05. The van der Waals surface area contributed by atoms with E-state index < -0.39 is 0 Å². The van der Waals surface area contributed by atoms with Crippen molar-refractivity contribution >= 4 is 17.2 Å². The molecule has 0 spiro atoms. The normalized spacial score (nSPS) is 10.1. The average Bonchev–Trinajstić information content (AvgIpc) is 2.38. The van der Waals surface area contributed by atoms with Crippen molar-refractivity contribution in [1.29, 1.82) is 0 Å². The van der Waals surface area contributed by atoms with Gasteiger partial charge in [-0.2, -0.15) is 0 Å². The third-order valence-corrected chi connectivity index (χ3v) is 3.19. The second kappa shape index (κ2) is 5.74. The van der Waals surface area contributed by atoms with Crippen molar-refractivity contribution in [3.05, 3.63) is 71.0 Å². The lowest BCUT2D eigenvalue weighted by Crippen LogP contribution is -2.22. The molecule has 0 fully saturated rings. The van der Waals surface area contributed by atoms with Crippen molar-refractivity contribution < 1.29 is 4.39 Å². The Bertz CT molecular complexity index is 549. The molecule has 1 N–H and O–H groups in total. The highest BCUT2D eigenvalue weighted by Gasteiger charge is 2.02. The van der Waals surface area contributed by atoms with E-state index in [1.54, 1.807) is 12.1 Å². The summed E-state index contributed by atoms with van der Waals surface area (Å²) in [6, 6.07) is 14.3. The van der Waals surface area contributed by atoms with Crippen molar-refractivity contribution in [2.45, 2.75) is 13.5 Å². The zero-order valence-electron chi connectivity index (χ0n) is 10.1. The fourth-order valence-corrected chi connectivity index (χ4v) is 1.90. The summed E-state index contributed by atoms with van der Waals surface area (Å²) in [6.07, 6.45) is 0. The Balaban J connectivity index is 2.01. The molecule has 0 amide bonds. The largest absolute Gasteiger partial charge is 0.372 e.